The third-order valence-corrected chi connectivity index (χ3v) is 5.02. The SMILES string of the molecule is CCOC(=O)c1ccc(Sc2ccc(Br)cc2)c(Br)c1. The summed E-state index contributed by atoms with van der Waals surface area (Å²) in [4.78, 5) is 13.8. The van der Waals surface area contributed by atoms with E-state index >= 15 is 0 Å². The molecule has 0 fully saturated rings. The molecule has 20 heavy (non-hydrogen) atoms. The van der Waals surface area contributed by atoms with Crippen molar-refractivity contribution >= 4 is 49.6 Å². The summed E-state index contributed by atoms with van der Waals surface area (Å²) in [6, 6.07) is 13.6. The summed E-state index contributed by atoms with van der Waals surface area (Å²) in [6.07, 6.45) is 0. The monoisotopic (exact) mass is 414 g/mol. The van der Waals surface area contributed by atoms with E-state index in [0.29, 0.717) is 12.2 Å². The van der Waals surface area contributed by atoms with Crippen LogP contribution in [0.3, 0.4) is 0 Å². The van der Waals surface area contributed by atoms with Crippen LogP contribution in [-0.2, 0) is 4.74 Å². The summed E-state index contributed by atoms with van der Waals surface area (Å²) < 4.78 is 6.92. The molecule has 0 heterocycles. The van der Waals surface area contributed by atoms with Crippen LogP contribution in [0, 0.1) is 0 Å². The fourth-order valence-corrected chi connectivity index (χ4v) is 3.26. The second-order valence-electron chi connectivity index (χ2n) is 3.92. The summed E-state index contributed by atoms with van der Waals surface area (Å²) in [5.41, 5.74) is 0.555. The number of carbonyl (C=O) groups is 1. The first-order valence-electron chi connectivity index (χ1n) is 6.00. The number of ether oxygens (including phenoxy) is 1. The Hall–Kier alpha value is -0.780. The first-order chi connectivity index (χ1) is 9.60. The molecular weight excluding hydrogens is 404 g/mol. The van der Waals surface area contributed by atoms with Crippen LogP contribution in [0.5, 0.6) is 0 Å². The molecule has 0 radical (unpaired) electrons. The molecule has 2 aromatic rings. The zero-order valence-electron chi connectivity index (χ0n) is 10.7. The number of hydrogen-bond donors (Lipinski definition) is 0. The number of benzene rings is 2. The van der Waals surface area contributed by atoms with Gasteiger partial charge in [-0.05, 0) is 65.3 Å². The van der Waals surface area contributed by atoms with Gasteiger partial charge in [0.05, 0.1) is 12.2 Å². The minimum atomic E-state index is -0.298. The van der Waals surface area contributed by atoms with Gasteiger partial charge in [-0.1, -0.05) is 27.7 Å². The van der Waals surface area contributed by atoms with E-state index in [-0.39, 0.29) is 5.97 Å². The maximum atomic E-state index is 11.6. The zero-order chi connectivity index (χ0) is 14.5. The lowest BCUT2D eigenvalue weighted by atomic mass is 10.2. The summed E-state index contributed by atoms with van der Waals surface area (Å²) in [5, 5.41) is 0. The number of carbonyl (C=O) groups excluding carboxylic acids is 1. The van der Waals surface area contributed by atoms with Crippen LogP contribution in [0.15, 0.2) is 61.2 Å². The highest BCUT2D eigenvalue weighted by atomic mass is 79.9. The quantitative estimate of drug-likeness (QED) is 0.613. The fraction of sp³-hybridized carbons (Fsp3) is 0.133. The second kappa shape index (κ2) is 7.29. The Balaban J connectivity index is 2.17. The topological polar surface area (TPSA) is 26.3 Å². The van der Waals surface area contributed by atoms with Gasteiger partial charge in [-0.15, -0.1) is 0 Å². The van der Waals surface area contributed by atoms with E-state index in [9.17, 15) is 4.79 Å². The Labute approximate surface area is 139 Å². The third kappa shape index (κ3) is 4.11. The lowest BCUT2D eigenvalue weighted by Gasteiger charge is -2.07. The largest absolute Gasteiger partial charge is 0.462 e. The number of halogens is 2. The van der Waals surface area contributed by atoms with Crippen LogP contribution in [0.4, 0.5) is 0 Å². The lowest BCUT2D eigenvalue weighted by molar-refractivity contribution is 0.0526. The predicted octanol–water partition coefficient (Wildman–Crippen LogP) is 5.54. The first-order valence-corrected chi connectivity index (χ1v) is 8.40. The van der Waals surface area contributed by atoms with Crippen molar-refractivity contribution in [2.75, 3.05) is 6.61 Å². The van der Waals surface area contributed by atoms with E-state index in [4.69, 9.17) is 4.74 Å². The van der Waals surface area contributed by atoms with Gasteiger partial charge < -0.3 is 4.74 Å². The molecule has 2 rings (SSSR count). The Kier molecular flexibility index (Phi) is 5.69. The highest BCUT2D eigenvalue weighted by Gasteiger charge is 2.10. The molecule has 0 aliphatic carbocycles. The van der Waals surface area contributed by atoms with E-state index in [0.717, 1.165) is 18.7 Å². The van der Waals surface area contributed by atoms with Crippen molar-refractivity contribution < 1.29 is 9.53 Å². The van der Waals surface area contributed by atoms with Gasteiger partial charge in [0, 0.05) is 18.7 Å². The Morgan fingerprint density at radius 3 is 2.45 bits per heavy atom. The van der Waals surface area contributed by atoms with Crippen molar-refractivity contribution in [2.45, 2.75) is 16.7 Å². The van der Waals surface area contributed by atoms with Gasteiger partial charge in [0.1, 0.15) is 0 Å². The normalized spacial score (nSPS) is 10.3. The number of rotatable bonds is 4. The van der Waals surface area contributed by atoms with Crippen LogP contribution in [0.2, 0.25) is 0 Å². The van der Waals surface area contributed by atoms with Crippen molar-refractivity contribution in [3.05, 3.63) is 57.0 Å². The highest BCUT2D eigenvalue weighted by molar-refractivity contribution is 9.10. The molecule has 0 unspecified atom stereocenters. The zero-order valence-corrected chi connectivity index (χ0v) is 14.7. The van der Waals surface area contributed by atoms with Crippen molar-refractivity contribution in [2.24, 2.45) is 0 Å². The van der Waals surface area contributed by atoms with E-state index in [1.165, 1.54) is 0 Å². The molecule has 0 aliphatic heterocycles. The Morgan fingerprint density at radius 1 is 1.15 bits per heavy atom. The second-order valence-corrected chi connectivity index (χ2v) is 6.81. The molecule has 0 saturated heterocycles. The minimum absolute atomic E-state index is 0.298. The van der Waals surface area contributed by atoms with Gasteiger partial charge in [0.15, 0.2) is 0 Å². The predicted molar refractivity (Wildman–Crippen MR) is 88.4 cm³/mol. The van der Waals surface area contributed by atoms with E-state index in [2.05, 4.69) is 31.9 Å². The van der Waals surface area contributed by atoms with Crippen molar-refractivity contribution in [3.8, 4) is 0 Å². The smallest absolute Gasteiger partial charge is 0.338 e. The maximum Gasteiger partial charge on any atom is 0.338 e. The maximum absolute atomic E-state index is 11.6. The van der Waals surface area contributed by atoms with Gasteiger partial charge >= 0.3 is 5.97 Å². The molecule has 2 aromatic carbocycles. The van der Waals surface area contributed by atoms with Crippen LogP contribution in [-0.4, -0.2) is 12.6 Å². The molecular formula is C15H12Br2O2S. The van der Waals surface area contributed by atoms with Gasteiger partial charge in [-0.25, -0.2) is 4.79 Å². The van der Waals surface area contributed by atoms with Crippen LogP contribution in [0.1, 0.15) is 17.3 Å². The molecule has 5 heteroatoms. The van der Waals surface area contributed by atoms with Crippen molar-refractivity contribution in [3.63, 3.8) is 0 Å². The molecule has 0 N–H and O–H groups in total. The van der Waals surface area contributed by atoms with Gasteiger partial charge in [-0.2, -0.15) is 0 Å². The number of esters is 1. The molecule has 104 valence electrons. The van der Waals surface area contributed by atoms with Gasteiger partial charge in [0.2, 0.25) is 0 Å². The molecule has 0 spiro atoms. The van der Waals surface area contributed by atoms with Crippen molar-refractivity contribution in [1.29, 1.82) is 0 Å². The van der Waals surface area contributed by atoms with E-state index < -0.39 is 0 Å². The summed E-state index contributed by atoms with van der Waals surface area (Å²) in [7, 11) is 0. The van der Waals surface area contributed by atoms with Crippen LogP contribution < -0.4 is 0 Å². The summed E-state index contributed by atoms with van der Waals surface area (Å²) >= 11 is 8.55. The number of hydrogen-bond acceptors (Lipinski definition) is 3. The minimum Gasteiger partial charge on any atom is -0.462 e. The Morgan fingerprint density at radius 2 is 1.85 bits per heavy atom. The fourth-order valence-electron chi connectivity index (χ4n) is 1.55. The van der Waals surface area contributed by atoms with Gasteiger partial charge in [0.25, 0.3) is 0 Å². The first kappa shape index (κ1) is 15.6. The molecule has 0 aliphatic rings. The Bertz CT molecular complexity index is 612. The molecule has 0 saturated carbocycles. The van der Waals surface area contributed by atoms with Crippen molar-refractivity contribution in [1.82, 2.24) is 0 Å². The molecule has 0 atom stereocenters. The van der Waals surface area contributed by atoms with Gasteiger partial charge in [-0.3, -0.25) is 0 Å². The van der Waals surface area contributed by atoms with Crippen LogP contribution in [0.25, 0.3) is 0 Å². The standard InChI is InChI=1S/C15H12Br2O2S/c1-2-19-15(18)10-3-8-14(13(17)9-10)20-12-6-4-11(16)5-7-12/h3-9H,2H2,1H3. The van der Waals surface area contributed by atoms with Crippen LogP contribution >= 0.6 is 43.6 Å². The summed E-state index contributed by atoms with van der Waals surface area (Å²) in [6.45, 7) is 2.18. The summed E-state index contributed by atoms with van der Waals surface area (Å²) in [5.74, 6) is -0.298. The molecule has 0 bridgehead atoms. The lowest BCUT2D eigenvalue weighted by Crippen LogP contribution is -2.04. The average molecular weight is 416 g/mol. The molecule has 0 amide bonds. The molecule has 2 nitrogen and oxygen atoms in total. The molecule has 0 aromatic heterocycles. The highest BCUT2D eigenvalue weighted by Crippen LogP contribution is 2.34. The third-order valence-electron chi connectivity index (χ3n) is 2.48. The van der Waals surface area contributed by atoms with E-state index in [1.807, 2.05) is 30.3 Å². The van der Waals surface area contributed by atoms with E-state index in [1.54, 1.807) is 30.8 Å². The average Bonchev–Trinajstić information content (AvgIpc) is 2.43.